The number of aryl methyl sites for hydroxylation is 1. The minimum absolute atomic E-state index is 0.422. The summed E-state index contributed by atoms with van der Waals surface area (Å²) in [4.78, 5) is 4.86. The molecule has 0 bridgehead atoms. The third kappa shape index (κ3) is 4.09. The molecule has 0 amide bonds. The van der Waals surface area contributed by atoms with Gasteiger partial charge in [-0.3, -0.25) is 4.57 Å². The number of imidazole rings is 1. The number of anilines is 1. The normalized spacial score (nSPS) is 14.9. The van der Waals surface area contributed by atoms with Crippen LogP contribution in [-0.2, 0) is 17.7 Å². The summed E-state index contributed by atoms with van der Waals surface area (Å²) >= 11 is 0. The topological polar surface area (TPSA) is 48.3 Å². The summed E-state index contributed by atoms with van der Waals surface area (Å²) in [6, 6.07) is 21.4. The highest BCUT2D eigenvalue weighted by Crippen LogP contribution is 2.37. The average molecular weight is 442 g/mol. The molecule has 0 aliphatic carbocycles. The van der Waals surface area contributed by atoms with E-state index in [9.17, 15) is 0 Å². The fraction of sp³-hybridized carbons (Fsp3) is 0.321. The van der Waals surface area contributed by atoms with E-state index in [0.29, 0.717) is 5.92 Å². The second-order valence-electron chi connectivity index (χ2n) is 8.66. The van der Waals surface area contributed by atoms with Crippen LogP contribution in [0.25, 0.3) is 16.7 Å². The highest BCUT2D eigenvalue weighted by atomic mass is 16.5. The molecular weight excluding hydrogens is 410 g/mol. The summed E-state index contributed by atoms with van der Waals surface area (Å²) in [6.07, 6.45) is 1.88. The lowest BCUT2D eigenvalue weighted by Gasteiger charge is -2.16. The van der Waals surface area contributed by atoms with Crippen LogP contribution in [0, 0.1) is 6.92 Å². The molecule has 4 aromatic rings. The zero-order valence-corrected chi connectivity index (χ0v) is 19.6. The smallest absolute Gasteiger partial charge is 0.124 e. The molecule has 2 heterocycles. The van der Waals surface area contributed by atoms with E-state index in [-0.39, 0.29) is 0 Å². The van der Waals surface area contributed by atoms with Crippen LogP contribution >= 0.6 is 0 Å². The van der Waals surface area contributed by atoms with Gasteiger partial charge in [0, 0.05) is 49.9 Å². The number of nitrogens with one attached hydrogen (secondary N) is 1. The predicted molar refractivity (Wildman–Crippen MR) is 134 cm³/mol. The molecule has 1 unspecified atom stereocenters. The third-order valence-corrected chi connectivity index (χ3v) is 6.65. The van der Waals surface area contributed by atoms with Gasteiger partial charge in [0.05, 0.1) is 23.3 Å². The number of methoxy groups -OCH3 is 1. The maximum absolute atomic E-state index is 5.95. The standard InChI is InChI=1S/C28H31N3O2/c1-4-28-30-24-9-5-6-10-26(24)31(28)25-11-7-8-20(19(25)2)17-29-22-12-13-23-21(14-15-32-3)18-33-27(23)16-22/h5-13,16,21,29H,4,14-15,17-18H2,1-3H3. The molecule has 0 spiro atoms. The van der Waals surface area contributed by atoms with Crippen LogP contribution in [-0.4, -0.2) is 29.9 Å². The van der Waals surface area contributed by atoms with Crippen LogP contribution in [0.2, 0.25) is 0 Å². The molecule has 0 radical (unpaired) electrons. The summed E-state index contributed by atoms with van der Waals surface area (Å²) in [5, 5.41) is 3.60. The summed E-state index contributed by atoms with van der Waals surface area (Å²) in [5.74, 6) is 2.50. The van der Waals surface area contributed by atoms with Gasteiger partial charge in [-0.2, -0.15) is 0 Å². The van der Waals surface area contributed by atoms with Crippen molar-refractivity contribution in [3.63, 3.8) is 0 Å². The molecule has 1 aliphatic rings. The average Bonchev–Trinajstić information content (AvgIpc) is 3.42. The Labute approximate surface area is 195 Å². The Bertz CT molecular complexity index is 1280. The SMILES string of the molecule is CCc1nc2ccccc2n1-c1cccc(CNc2ccc3c(c2)OCC3CCOC)c1C. The molecule has 1 aliphatic heterocycles. The first kappa shape index (κ1) is 21.5. The quantitative estimate of drug-likeness (QED) is 0.363. The van der Waals surface area contributed by atoms with E-state index in [4.69, 9.17) is 14.5 Å². The minimum Gasteiger partial charge on any atom is -0.493 e. The van der Waals surface area contributed by atoms with Gasteiger partial charge in [0.25, 0.3) is 0 Å². The van der Waals surface area contributed by atoms with Crippen LogP contribution in [0.5, 0.6) is 5.75 Å². The summed E-state index contributed by atoms with van der Waals surface area (Å²) in [5.41, 5.74) is 8.29. The minimum atomic E-state index is 0.422. The molecule has 1 N–H and O–H groups in total. The maximum Gasteiger partial charge on any atom is 0.124 e. The number of benzene rings is 3. The monoisotopic (exact) mass is 441 g/mol. The number of nitrogens with zero attached hydrogens (tertiary/aromatic N) is 2. The Morgan fingerprint density at radius 1 is 1.12 bits per heavy atom. The van der Waals surface area contributed by atoms with Crippen molar-refractivity contribution >= 4 is 16.7 Å². The Kier molecular flexibility index (Phi) is 6.05. The fourth-order valence-electron chi connectivity index (χ4n) is 4.77. The second-order valence-corrected chi connectivity index (χ2v) is 8.66. The highest BCUT2D eigenvalue weighted by Gasteiger charge is 2.24. The molecule has 5 nitrogen and oxygen atoms in total. The lowest BCUT2D eigenvalue weighted by atomic mass is 9.98. The van der Waals surface area contributed by atoms with Crippen LogP contribution in [0.4, 0.5) is 5.69 Å². The first-order chi connectivity index (χ1) is 16.2. The highest BCUT2D eigenvalue weighted by molar-refractivity contribution is 5.78. The number of hydrogen-bond acceptors (Lipinski definition) is 4. The zero-order valence-electron chi connectivity index (χ0n) is 19.6. The van der Waals surface area contributed by atoms with Crippen LogP contribution in [0.15, 0.2) is 60.7 Å². The van der Waals surface area contributed by atoms with Gasteiger partial charge in [0.2, 0.25) is 0 Å². The molecule has 0 fully saturated rings. The lowest BCUT2D eigenvalue weighted by Crippen LogP contribution is -2.07. The zero-order chi connectivity index (χ0) is 22.8. The predicted octanol–water partition coefficient (Wildman–Crippen LogP) is 6.02. The van der Waals surface area contributed by atoms with Crippen molar-refractivity contribution < 1.29 is 9.47 Å². The van der Waals surface area contributed by atoms with Crippen molar-refractivity contribution in [1.29, 1.82) is 0 Å². The number of aromatic nitrogens is 2. The number of ether oxygens (including phenoxy) is 2. The number of para-hydroxylation sites is 2. The Morgan fingerprint density at radius 2 is 2.00 bits per heavy atom. The Morgan fingerprint density at radius 3 is 2.85 bits per heavy atom. The van der Waals surface area contributed by atoms with Gasteiger partial charge in [-0.1, -0.05) is 37.3 Å². The number of hydrogen-bond donors (Lipinski definition) is 1. The fourth-order valence-corrected chi connectivity index (χ4v) is 4.77. The van der Waals surface area contributed by atoms with Gasteiger partial charge in [-0.15, -0.1) is 0 Å². The third-order valence-electron chi connectivity index (χ3n) is 6.65. The van der Waals surface area contributed by atoms with Gasteiger partial charge in [0.1, 0.15) is 11.6 Å². The first-order valence-electron chi connectivity index (χ1n) is 11.7. The van der Waals surface area contributed by atoms with E-state index < -0.39 is 0 Å². The van der Waals surface area contributed by atoms with Crippen molar-refractivity contribution in [3.8, 4) is 11.4 Å². The second kappa shape index (κ2) is 9.28. The van der Waals surface area contributed by atoms with E-state index in [0.717, 1.165) is 60.9 Å². The molecule has 0 saturated carbocycles. The molecular formula is C28H31N3O2. The van der Waals surface area contributed by atoms with Gasteiger partial charge < -0.3 is 14.8 Å². The van der Waals surface area contributed by atoms with Crippen LogP contribution in [0.3, 0.4) is 0 Å². The summed E-state index contributed by atoms with van der Waals surface area (Å²) in [6.45, 7) is 6.61. The Balaban J connectivity index is 1.38. The van der Waals surface area contributed by atoms with E-state index in [1.165, 1.54) is 22.4 Å². The van der Waals surface area contributed by atoms with E-state index in [1.54, 1.807) is 7.11 Å². The van der Waals surface area contributed by atoms with E-state index in [2.05, 4.69) is 78.3 Å². The Hall–Kier alpha value is -3.31. The van der Waals surface area contributed by atoms with Gasteiger partial charge in [-0.25, -0.2) is 4.98 Å². The first-order valence-corrected chi connectivity index (χ1v) is 11.7. The molecule has 1 atom stereocenters. The van der Waals surface area contributed by atoms with Crippen molar-refractivity contribution in [2.45, 2.75) is 39.2 Å². The number of rotatable bonds is 8. The van der Waals surface area contributed by atoms with E-state index >= 15 is 0 Å². The van der Waals surface area contributed by atoms with Crippen molar-refractivity contribution in [3.05, 3.63) is 83.2 Å². The van der Waals surface area contributed by atoms with Crippen LogP contribution < -0.4 is 10.1 Å². The summed E-state index contributed by atoms with van der Waals surface area (Å²) < 4.78 is 13.5. The van der Waals surface area contributed by atoms with Crippen LogP contribution in [0.1, 0.15) is 41.8 Å². The van der Waals surface area contributed by atoms with Gasteiger partial charge in [0.15, 0.2) is 0 Å². The molecule has 0 saturated heterocycles. The maximum atomic E-state index is 5.95. The molecule has 170 valence electrons. The van der Waals surface area contributed by atoms with E-state index in [1.807, 2.05) is 6.07 Å². The molecule has 33 heavy (non-hydrogen) atoms. The molecule has 5 heteroatoms. The summed E-state index contributed by atoms with van der Waals surface area (Å²) in [7, 11) is 1.75. The largest absolute Gasteiger partial charge is 0.493 e. The molecule has 5 rings (SSSR count). The van der Waals surface area contributed by atoms with Crippen molar-refractivity contribution in [2.24, 2.45) is 0 Å². The number of fused-ring (bicyclic) bond motifs is 2. The van der Waals surface area contributed by atoms with Gasteiger partial charge >= 0.3 is 0 Å². The molecule has 1 aromatic heterocycles. The van der Waals surface area contributed by atoms with Crippen molar-refractivity contribution in [2.75, 3.05) is 25.6 Å². The molecule has 3 aromatic carbocycles. The lowest BCUT2D eigenvalue weighted by molar-refractivity contribution is 0.182. The van der Waals surface area contributed by atoms with Gasteiger partial charge in [-0.05, 0) is 48.7 Å². The van der Waals surface area contributed by atoms with Crippen molar-refractivity contribution in [1.82, 2.24) is 9.55 Å².